The fraction of sp³-hybridized carbons (Fsp3) is 0.562. The van der Waals surface area contributed by atoms with E-state index < -0.39 is 0 Å². The molecular formula is C16H24BrClN2O2. The molecule has 1 amide bonds. The molecule has 1 aliphatic rings. The van der Waals surface area contributed by atoms with Crippen molar-refractivity contribution in [2.75, 3.05) is 26.7 Å². The molecule has 1 aromatic carbocycles. The Labute approximate surface area is 147 Å². The van der Waals surface area contributed by atoms with Crippen LogP contribution in [0, 0.1) is 0 Å². The Morgan fingerprint density at radius 2 is 2.05 bits per heavy atom. The third-order valence-electron chi connectivity index (χ3n) is 3.89. The zero-order valence-corrected chi connectivity index (χ0v) is 15.3. The van der Waals surface area contributed by atoms with E-state index in [-0.39, 0.29) is 18.3 Å². The van der Waals surface area contributed by atoms with Crippen molar-refractivity contribution in [3.8, 4) is 5.75 Å². The van der Waals surface area contributed by atoms with Gasteiger partial charge in [0.25, 0.3) is 0 Å². The van der Waals surface area contributed by atoms with Crippen molar-refractivity contribution in [1.29, 1.82) is 0 Å². The maximum atomic E-state index is 12.1. The topological polar surface area (TPSA) is 41.6 Å². The lowest BCUT2D eigenvalue weighted by molar-refractivity contribution is -0.132. The molecule has 1 aromatic rings. The van der Waals surface area contributed by atoms with Crippen LogP contribution in [0.5, 0.6) is 5.75 Å². The van der Waals surface area contributed by atoms with Gasteiger partial charge in [0.05, 0.1) is 11.1 Å². The van der Waals surface area contributed by atoms with Crippen LogP contribution in [0.25, 0.3) is 0 Å². The van der Waals surface area contributed by atoms with Gasteiger partial charge >= 0.3 is 0 Å². The number of hydrogen-bond acceptors (Lipinski definition) is 3. The van der Waals surface area contributed by atoms with Crippen LogP contribution in [0.3, 0.4) is 0 Å². The summed E-state index contributed by atoms with van der Waals surface area (Å²) in [6.07, 6.45) is 3.42. The van der Waals surface area contributed by atoms with Gasteiger partial charge in [-0.3, -0.25) is 4.79 Å². The van der Waals surface area contributed by atoms with E-state index in [2.05, 4.69) is 21.2 Å². The van der Waals surface area contributed by atoms with Crippen LogP contribution in [0.1, 0.15) is 25.7 Å². The summed E-state index contributed by atoms with van der Waals surface area (Å²) >= 11 is 3.45. The van der Waals surface area contributed by atoms with Gasteiger partial charge in [0.15, 0.2) is 0 Å². The first-order valence-electron chi connectivity index (χ1n) is 7.53. The third-order valence-corrected chi connectivity index (χ3v) is 4.54. The minimum atomic E-state index is 0. The van der Waals surface area contributed by atoms with E-state index >= 15 is 0 Å². The number of amides is 1. The average Bonchev–Trinajstić information content (AvgIpc) is 2.53. The molecule has 1 fully saturated rings. The second-order valence-electron chi connectivity index (χ2n) is 5.33. The maximum absolute atomic E-state index is 12.1. The average molecular weight is 392 g/mol. The van der Waals surface area contributed by atoms with E-state index in [0.717, 1.165) is 42.6 Å². The van der Waals surface area contributed by atoms with Crippen molar-refractivity contribution in [3.63, 3.8) is 0 Å². The lowest BCUT2D eigenvalue weighted by Crippen LogP contribution is -2.43. The van der Waals surface area contributed by atoms with Gasteiger partial charge < -0.3 is 15.0 Å². The summed E-state index contributed by atoms with van der Waals surface area (Å²) < 4.78 is 6.63. The highest BCUT2D eigenvalue weighted by Crippen LogP contribution is 2.23. The van der Waals surface area contributed by atoms with E-state index in [1.54, 1.807) is 0 Å². The van der Waals surface area contributed by atoms with Gasteiger partial charge in [-0.2, -0.15) is 0 Å². The molecule has 0 radical (unpaired) electrons. The molecule has 0 saturated carbocycles. The number of hydrogen-bond donors (Lipinski definition) is 1. The molecule has 0 aliphatic carbocycles. The summed E-state index contributed by atoms with van der Waals surface area (Å²) in [5, 5.41) is 3.28. The van der Waals surface area contributed by atoms with Gasteiger partial charge in [0, 0.05) is 25.6 Å². The summed E-state index contributed by atoms with van der Waals surface area (Å²) in [5.41, 5.74) is 0. The predicted molar refractivity (Wildman–Crippen MR) is 94.8 cm³/mol. The van der Waals surface area contributed by atoms with E-state index in [1.807, 2.05) is 36.2 Å². The molecule has 1 aliphatic heterocycles. The van der Waals surface area contributed by atoms with Crippen LogP contribution in [0.2, 0.25) is 0 Å². The zero-order valence-electron chi connectivity index (χ0n) is 12.9. The number of nitrogens with zero attached hydrogens (tertiary/aromatic N) is 1. The van der Waals surface area contributed by atoms with E-state index in [9.17, 15) is 4.79 Å². The molecule has 1 saturated heterocycles. The van der Waals surface area contributed by atoms with Crippen LogP contribution in [-0.2, 0) is 4.79 Å². The van der Waals surface area contributed by atoms with Crippen molar-refractivity contribution < 1.29 is 9.53 Å². The summed E-state index contributed by atoms with van der Waals surface area (Å²) in [6.45, 7) is 2.31. The Bertz CT molecular complexity index is 465. The van der Waals surface area contributed by atoms with Gasteiger partial charge in [-0.1, -0.05) is 12.1 Å². The number of carbonyl (C=O) groups excluding carboxylic acids is 1. The standard InChI is InChI=1S/C16H23BrN2O2.ClH/c1-18-13-8-10-19(11-9-13)16(20)7-4-12-21-15-6-3-2-5-14(15)17;/h2-3,5-6,13,18H,4,7-12H2,1H3;1H. The van der Waals surface area contributed by atoms with Gasteiger partial charge in [-0.05, 0) is 54.4 Å². The number of halogens is 2. The Balaban J connectivity index is 0.00000242. The summed E-state index contributed by atoms with van der Waals surface area (Å²) in [7, 11) is 1.99. The third kappa shape index (κ3) is 5.78. The highest BCUT2D eigenvalue weighted by Gasteiger charge is 2.21. The lowest BCUT2D eigenvalue weighted by atomic mass is 10.0. The second kappa shape index (κ2) is 10.1. The number of nitrogens with one attached hydrogen (secondary N) is 1. The molecule has 22 heavy (non-hydrogen) atoms. The van der Waals surface area contributed by atoms with Crippen LogP contribution in [-0.4, -0.2) is 43.6 Å². The van der Waals surface area contributed by atoms with E-state index in [4.69, 9.17) is 4.74 Å². The van der Waals surface area contributed by atoms with Crippen molar-refractivity contribution in [1.82, 2.24) is 10.2 Å². The summed E-state index contributed by atoms with van der Waals surface area (Å²) in [5.74, 6) is 1.08. The first kappa shape index (κ1) is 19.3. The first-order valence-corrected chi connectivity index (χ1v) is 8.32. The van der Waals surface area contributed by atoms with Crippen LogP contribution in [0.4, 0.5) is 0 Å². The fourth-order valence-corrected chi connectivity index (χ4v) is 2.94. The first-order chi connectivity index (χ1) is 10.2. The van der Waals surface area contributed by atoms with E-state index in [0.29, 0.717) is 19.1 Å². The molecule has 124 valence electrons. The number of rotatable bonds is 6. The molecule has 0 atom stereocenters. The Hall–Kier alpha value is -0.780. The Morgan fingerprint density at radius 1 is 1.36 bits per heavy atom. The Kier molecular flexibility index (Phi) is 8.83. The van der Waals surface area contributed by atoms with Crippen molar-refractivity contribution >= 4 is 34.2 Å². The van der Waals surface area contributed by atoms with Crippen LogP contribution in [0.15, 0.2) is 28.7 Å². The second-order valence-corrected chi connectivity index (χ2v) is 6.18. The lowest BCUT2D eigenvalue weighted by Gasteiger charge is -2.31. The molecule has 0 bridgehead atoms. The number of benzene rings is 1. The van der Waals surface area contributed by atoms with Crippen LogP contribution < -0.4 is 10.1 Å². The smallest absolute Gasteiger partial charge is 0.222 e. The molecule has 4 nitrogen and oxygen atoms in total. The van der Waals surface area contributed by atoms with E-state index in [1.165, 1.54) is 0 Å². The molecule has 0 unspecified atom stereocenters. The molecule has 6 heteroatoms. The highest BCUT2D eigenvalue weighted by atomic mass is 79.9. The van der Waals surface area contributed by atoms with Gasteiger partial charge in [0.1, 0.15) is 5.75 Å². The summed E-state index contributed by atoms with van der Waals surface area (Å²) in [4.78, 5) is 14.1. The number of ether oxygens (including phenoxy) is 1. The fourth-order valence-electron chi connectivity index (χ4n) is 2.54. The SMILES string of the molecule is CNC1CCN(C(=O)CCCOc2ccccc2Br)CC1.Cl. The minimum absolute atomic E-state index is 0. The van der Waals surface area contributed by atoms with Gasteiger partial charge in [0.2, 0.25) is 5.91 Å². The summed E-state index contributed by atoms with van der Waals surface area (Å²) in [6, 6.07) is 8.33. The maximum Gasteiger partial charge on any atom is 0.222 e. The van der Waals surface area contributed by atoms with Crippen molar-refractivity contribution in [2.24, 2.45) is 0 Å². The molecule has 0 aromatic heterocycles. The normalized spacial score (nSPS) is 15.3. The van der Waals surface area contributed by atoms with Crippen molar-refractivity contribution in [2.45, 2.75) is 31.7 Å². The van der Waals surface area contributed by atoms with Crippen LogP contribution >= 0.6 is 28.3 Å². The molecular weight excluding hydrogens is 368 g/mol. The van der Waals surface area contributed by atoms with Gasteiger partial charge in [-0.15, -0.1) is 12.4 Å². The molecule has 1 N–H and O–H groups in total. The quantitative estimate of drug-likeness (QED) is 0.757. The predicted octanol–water partition coefficient (Wildman–Crippen LogP) is 3.24. The van der Waals surface area contributed by atoms with Crippen molar-refractivity contribution in [3.05, 3.63) is 28.7 Å². The van der Waals surface area contributed by atoms with Gasteiger partial charge in [-0.25, -0.2) is 0 Å². The number of likely N-dealkylation sites (tertiary alicyclic amines) is 1. The largest absolute Gasteiger partial charge is 0.492 e. The number of para-hydroxylation sites is 1. The number of piperidine rings is 1. The molecule has 2 rings (SSSR count). The highest BCUT2D eigenvalue weighted by molar-refractivity contribution is 9.10. The number of carbonyl (C=O) groups is 1. The molecule has 1 heterocycles. The monoisotopic (exact) mass is 390 g/mol. The molecule has 0 spiro atoms. The minimum Gasteiger partial charge on any atom is -0.492 e. The Morgan fingerprint density at radius 3 is 2.68 bits per heavy atom. The zero-order chi connectivity index (χ0) is 15.1.